The monoisotopic (exact) mass is 197 g/mol. The summed E-state index contributed by atoms with van der Waals surface area (Å²) in [4.78, 5) is 0. The Labute approximate surface area is 84.2 Å². The lowest BCUT2D eigenvalue weighted by molar-refractivity contribution is 0.362. The molecule has 0 aromatic carbocycles. The van der Waals surface area contributed by atoms with Crippen LogP contribution >= 0.6 is 0 Å². The van der Waals surface area contributed by atoms with E-state index in [4.69, 9.17) is 17.2 Å². The van der Waals surface area contributed by atoms with E-state index in [2.05, 4.69) is 5.10 Å². The topological polar surface area (TPSA) is 95.9 Å². The summed E-state index contributed by atoms with van der Waals surface area (Å²) in [5, 5.41) is 4.21. The Morgan fingerprint density at radius 2 is 1.86 bits per heavy atom. The molecule has 0 aliphatic carbocycles. The zero-order valence-electron chi connectivity index (χ0n) is 9.04. The minimum atomic E-state index is -0.148. The van der Waals surface area contributed by atoms with E-state index in [1.165, 1.54) is 0 Å². The van der Waals surface area contributed by atoms with Gasteiger partial charge in [0.15, 0.2) is 5.82 Å². The second-order valence-electron chi connectivity index (χ2n) is 4.37. The average molecular weight is 197 g/mol. The maximum atomic E-state index is 5.94. The summed E-state index contributed by atoms with van der Waals surface area (Å²) in [7, 11) is 0. The molecule has 1 heterocycles. The van der Waals surface area contributed by atoms with Gasteiger partial charge in [-0.05, 0) is 33.7 Å². The molecule has 0 atom stereocenters. The van der Waals surface area contributed by atoms with E-state index in [0.29, 0.717) is 24.6 Å². The molecule has 1 aromatic rings. The summed E-state index contributed by atoms with van der Waals surface area (Å²) in [6, 6.07) is 0. The molecule has 1 aromatic heterocycles. The van der Waals surface area contributed by atoms with Gasteiger partial charge in [-0.15, -0.1) is 0 Å². The SMILES string of the molecule is CC(C)(C)n1nc(N)c(CCN)c1N. The average Bonchev–Trinajstić information content (AvgIpc) is 2.31. The number of rotatable bonds is 2. The Morgan fingerprint density at radius 1 is 1.29 bits per heavy atom. The number of hydrogen-bond acceptors (Lipinski definition) is 4. The van der Waals surface area contributed by atoms with Crippen LogP contribution in [0.4, 0.5) is 11.6 Å². The van der Waals surface area contributed by atoms with Crippen LogP contribution in [0.25, 0.3) is 0 Å². The van der Waals surface area contributed by atoms with Crippen molar-refractivity contribution in [2.24, 2.45) is 5.73 Å². The van der Waals surface area contributed by atoms with Crippen LogP contribution in [0.3, 0.4) is 0 Å². The van der Waals surface area contributed by atoms with Gasteiger partial charge in [0.25, 0.3) is 0 Å². The lowest BCUT2D eigenvalue weighted by atomic mass is 10.1. The third-order valence-electron chi connectivity index (χ3n) is 2.08. The molecule has 0 saturated carbocycles. The first-order valence-corrected chi connectivity index (χ1v) is 4.71. The molecule has 0 radical (unpaired) electrons. The van der Waals surface area contributed by atoms with Crippen LogP contribution in [0, 0.1) is 0 Å². The van der Waals surface area contributed by atoms with Crippen molar-refractivity contribution < 1.29 is 0 Å². The molecule has 5 nitrogen and oxygen atoms in total. The van der Waals surface area contributed by atoms with E-state index in [9.17, 15) is 0 Å². The lowest BCUT2D eigenvalue weighted by Gasteiger charge is -2.20. The molecule has 6 N–H and O–H groups in total. The Balaban J connectivity index is 3.17. The van der Waals surface area contributed by atoms with Crippen LogP contribution in [0.5, 0.6) is 0 Å². The molecule has 0 amide bonds. The third kappa shape index (κ3) is 1.82. The van der Waals surface area contributed by atoms with Crippen molar-refractivity contribution in [3.8, 4) is 0 Å². The minimum absolute atomic E-state index is 0.148. The Morgan fingerprint density at radius 3 is 2.21 bits per heavy atom. The highest BCUT2D eigenvalue weighted by Crippen LogP contribution is 2.25. The maximum absolute atomic E-state index is 5.94. The standard InChI is InChI=1S/C9H19N5/c1-9(2,3)14-8(12)6(4-5-10)7(11)13-14/h4-5,10,12H2,1-3H3,(H2,11,13). The molecule has 14 heavy (non-hydrogen) atoms. The molecule has 0 aliphatic heterocycles. The van der Waals surface area contributed by atoms with Gasteiger partial charge in [0.2, 0.25) is 0 Å². The zero-order chi connectivity index (χ0) is 10.9. The third-order valence-corrected chi connectivity index (χ3v) is 2.08. The molecule has 80 valence electrons. The molecule has 0 saturated heterocycles. The predicted molar refractivity (Wildman–Crippen MR) is 58.8 cm³/mol. The number of hydrogen-bond donors (Lipinski definition) is 3. The molecule has 5 heteroatoms. The first kappa shape index (κ1) is 10.8. The largest absolute Gasteiger partial charge is 0.384 e. The van der Waals surface area contributed by atoms with Crippen molar-refractivity contribution in [2.45, 2.75) is 32.7 Å². The molecule has 0 bridgehead atoms. The summed E-state index contributed by atoms with van der Waals surface area (Å²) in [5.74, 6) is 1.11. The quantitative estimate of drug-likeness (QED) is 0.635. The number of nitrogen functional groups attached to an aromatic ring is 2. The van der Waals surface area contributed by atoms with Crippen LogP contribution in [0.15, 0.2) is 0 Å². The number of nitrogens with zero attached hydrogens (tertiary/aromatic N) is 2. The smallest absolute Gasteiger partial charge is 0.150 e. The van der Waals surface area contributed by atoms with Crippen molar-refractivity contribution in [1.82, 2.24) is 9.78 Å². The number of anilines is 2. The zero-order valence-corrected chi connectivity index (χ0v) is 9.04. The molecule has 0 fully saturated rings. The summed E-state index contributed by atoms with van der Waals surface area (Å²) < 4.78 is 1.74. The van der Waals surface area contributed by atoms with Gasteiger partial charge in [-0.2, -0.15) is 5.10 Å². The fourth-order valence-corrected chi connectivity index (χ4v) is 1.39. The van der Waals surface area contributed by atoms with Crippen molar-refractivity contribution in [3.05, 3.63) is 5.56 Å². The van der Waals surface area contributed by atoms with E-state index >= 15 is 0 Å². The summed E-state index contributed by atoms with van der Waals surface area (Å²) in [6.07, 6.45) is 0.674. The van der Waals surface area contributed by atoms with Gasteiger partial charge in [-0.1, -0.05) is 0 Å². The van der Waals surface area contributed by atoms with Gasteiger partial charge >= 0.3 is 0 Å². The fraction of sp³-hybridized carbons (Fsp3) is 0.667. The Kier molecular flexibility index (Phi) is 2.71. The van der Waals surface area contributed by atoms with Gasteiger partial charge < -0.3 is 17.2 Å². The molecule has 0 unspecified atom stereocenters. The van der Waals surface area contributed by atoms with E-state index in [0.717, 1.165) is 5.56 Å². The summed E-state index contributed by atoms with van der Waals surface area (Å²) >= 11 is 0. The molecule has 1 rings (SSSR count). The van der Waals surface area contributed by atoms with Crippen molar-refractivity contribution in [2.75, 3.05) is 18.0 Å². The lowest BCUT2D eigenvalue weighted by Crippen LogP contribution is -2.25. The normalized spacial score (nSPS) is 12.0. The second-order valence-corrected chi connectivity index (χ2v) is 4.37. The molecular weight excluding hydrogens is 178 g/mol. The van der Waals surface area contributed by atoms with E-state index in [-0.39, 0.29) is 5.54 Å². The minimum Gasteiger partial charge on any atom is -0.384 e. The first-order valence-electron chi connectivity index (χ1n) is 4.71. The van der Waals surface area contributed by atoms with Crippen LogP contribution in [0.1, 0.15) is 26.3 Å². The summed E-state index contributed by atoms with van der Waals surface area (Å²) in [6.45, 7) is 6.62. The van der Waals surface area contributed by atoms with E-state index in [1.807, 2.05) is 20.8 Å². The van der Waals surface area contributed by atoms with Crippen LogP contribution in [0.2, 0.25) is 0 Å². The molecule has 0 spiro atoms. The highest BCUT2D eigenvalue weighted by molar-refractivity contribution is 5.54. The summed E-state index contributed by atoms with van der Waals surface area (Å²) in [5.41, 5.74) is 17.9. The highest BCUT2D eigenvalue weighted by atomic mass is 15.4. The molecule has 0 aliphatic rings. The van der Waals surface area contributed by atoms with Crippen molar-refractivity contribution >= 4 is 11.6 Å². The Bertz CT molecular complexity index is 321. The van der Waals surface area contributed by atoms with E-state index in [1.54, 1.807) is 4.68 Å². The fourth-order valence-electron chi connectivity index (χ4n) is 1.39. The van der Waals surface area contributed by atoms with E-state index < -0.39 is 0 Å². The van der Waals surface area contributed by atoms with Gasteiger partial charge in [0.1, 0.15) is 5.82 Å². The maximum Gasteiger partial charge on any atom is 0.150 e. The van der Waals surface area contributed by atoms with Crippen LogP contribution in [-0.2, 0) is 12.0 Å². The Hall–Kier alpha value is -1.23. The van der Waals surface area contributed by atoms with Crippen molar-refractivity contribution in [3.63, 3.8) is 0 Å². The highest BCUT2D eigenvalue weighted by Gasteiger charge is 2.21. The van der Waals surface area contributed by atoms with Gasteiger partial charge in [0.05, 0.1) is 5.54 Å². The molecular formula is C9H19N5. The van der Waals surface area contributed by atoms with Gasteiger partial charge in [0, 0.05) is 5.56 Å². The van der Waals surface area contributed by atoms with Crippen LogP contribution in [-0.4, -0.2) is 16.3 Å². The van der Waals surface area contributed by atoms with Crippen LogP contribution < -0.4 is 17.2 Å². The predicted octanol–water partition coefficient (Wildman–Crippen LogP) is 0.304. The number of aromatic nitrogens is 2. The van der Waals surface area contributed by atoms with Crippen molar-refractivity contribution in [1.29, 1.82) is 0 Å². The second kappa shape index (κ2) is 3.49. The first-order chi connectivity index (χ1) is 6.38. The van der Waals surface area contributed by atoms with Gasteiger partial charge in [-0.3, -0.25) is 0 Å². The van der Waals surface area contributed by atoms with Gasteiger partial charge in [-0.25, -0.2) is 4.68 Å². The number of nitrogens with two attached hydrogens (primary N) is 3.